The highest BCUT2D eigenvalue weighted by Gasteiger charge is 2.21. The first-order chi connectivity index (χ1) is 12.8. The minimum Gasteiger partial charge on any atom is -0.349 e. The minimum absolute atomic E-state index is 0.141. The first-order valence-corrected chi connectivity index (χ1v) is 8.94. The molecule has 0 aliphatic rings. The van der Waals surface area contributed by atoms with E-state index in [0.29, 0.717) is 5.52 Å². The lowest BCUT2D eigenvalue weighted by atomic mass is 10.2. The van der Waals surface area contributed by atoms with Crippen molar-refractivity contribution in [2.45, 2.75) is 46.1 Å². The largest absolute Gasteiger partial charge is 0.349 e. The number of nitrogens with one attached hydrogen (secondary N) is 1. The summed E-state index contributed by atoms with van der Waals surface area (Å²) in [7, 11) is 0. The van der Waals surface area contributed by atoms with Gasteiger partial charge in [0.25, 0.3) is 0 Å². The number of anilines is 2. The molecule has 0 amide bonds. The predicted molar refractivity (Wildman–Crippen MR) is 98.3 cm³/mol. The molecule has 2 aromatic carbocycles. The zero-order chi connectivity index (χ0) is 19.7. The van der Waals surface area contributed by atoms with Crippen LogP contribution in [0.5, 0.6) is 0 Å². The molecule has 0 bridgehead atoms. The fourth-order valence-corrected chi connectivity index (χ4v) is 3.08. The van der Waals surface area contributed by atoms with E-state index in [-0.39, 0.29) is 17.7 Å². The maximum atomic E-state index is 14.0. The number of hydrogen-bond donors (Lipinski definition) is 1. The molecular formula is C20H21F4N3. The van der Waals surface area contributed by atoms with Crippen molar-refractivity contribution in [3.05, 3.63) is 53.4 Å². The van der Waals surface area contributed by atoms with Crippen LogP contribution >= 0.6 is 0 Å². The first-order valence-electron chi connectivity index (χ1n) is 8.94. The number of benzene rings is 2. The Morgan fingerprint density at radius 2 is 1.74 bits per heavy atom. The summed E-state index contributed by atoms with van der Waals surface area (Å²) in [5, 5.41) is 2.49. The molecule has 3 rings (SSSR count). The van der Waals surface area contributed by atoms with Gasteiger partial charge in [-0.15, -0.1) is 0 Å². The van der Waals surface area contributed by atoms with Crippen molar-refractivity contribution in [2.24, 2.45) is 0 Å². The van der Waals surface area contributed by atoms with Crippen molar-refractivity contribution in [3.8, 4) is 0 Å². The highest BCUT2D eigenvalue weighted by molar-refractivity contribution is 5.91. The van der Waals surface area contributed by atoms with Crippen LogP contribution < -0.4 is 5.32 Å². The SMILES string of the molecule is CCCCn1c(C(C)C)nc2c(Nc3c(F)c(F)cc(F)c3F)cccc21. The Morgan fingerprint density at radius 3 is 2.33 bits per heavy atom. The lowest BCUT2D eigenvalue weighted by Gasteiger charge is -2.12. The summed E-state index contributed by atoms with van der Waals surface area (Å²) in [6.45, 7) is 6.88. The summed E-state index contributed by atoms with van der Waals surface area (Å²) >= 11 is 0. The number of nitrogens with zero attached hydrogens (tertiary/aromatic N) is 2. The molecule has 1 N–H and O–H groups in total. The Hall–Kier alpha value is -2.57. The Kier molecular flexibility index (Phi) is 5.39. The van der Waals surface area contributed by atoms with Crippen molar-refractivity contribution in [1.82, 2.24) is 9.55 Å². The van der Waals surface area contributed by atoms with Gasteiger partial charge >= 0.3 is 0 Å². The maximum absolute atomic E-state index is 14.0. The van der Waals surface area contributed by atoms with Crippen molar-refractivity contribution < 1.29 is 17.6 Å². The molecule has 0 unspecified atom stereocenters. The summed E-state index contributed by atoms with van der Waals surface area (Å²) in [6.07, 6.45) is 1.97. The maximum Gasteiger partial charge on any atom is 0.185 e. The highest BCUT2D eigenvalue weighted by Crippen LogP contribution is 2.32. The topological polar surface area (TPSA) is 29.9 Å². The molecule has 0 saturated carbocycles. The van der Waals surface area contributed by atoms with Crippen LogP contribution in [0.1, 0.15) is 45.4 Å². The third-order valence-corrected chi connectivity index (χ3v) is 4.43. The van der Waals surface area contributed by atoms with E-state index in [4.69, 9.17) is 0 Å². The van der Waals surface area contributed by atoms with Crippen LogP contribution in [0.2, 0.25) is 0 Å². The quantitative estimate of drug-likeness (QED) is 0.405. The third kappa shape index (κ3) is 3.50. The number of unbranched alkanes of at least 4 members (excludes halogenated alkanes) is 1. The molecule has 0 aliphatic carbocycles. The lowest BCUT2D eigenvalue weighted by molar-refractivity contribution is 0.459. The van der Waals surface area contributed by atoms with Gasteiger partial charge in [0.2, 0.25) is 0 Å². The zero-order valence-electron chi connectivity index (χ0n) is 15.4. The molecule has 3 nitrogen and oxygen atoms in total. The fourth-order valence-electron chi connectivity index (χ4n) is 3.08. The number of rotatable bonds is 6. The molecule has 0 atom stereocenters. The molecule has 144 valence electrons. The van der Waals surface area contributed by atoms with Crippen molar-refractivity contribution >= 4 is 22.4 Å². The molecule has 0 fully saturated rings. The number of para-hydroxylation sites is 1. The Labute approximate surface area is 155 Å². The van der Waals surface area contributed by atoms with Gasteiger partial charge < -0.3 is 9.88 Å². The van der Waals surface area contributed by atoms with E-state index in [1.165, 1.54) is 0 Å². The van der Waals surface area contributed by atoms with Gasteiger partial charge in [0.15, 0.2) is 23.3 Å². The highest BCUT2D eigenvalue weighted by atomic mass is 19.2. The van der Waals surface area contributed by atoms with E-state index in [1.54, 1.807) is 12.1 Å². The van der Waals surface area contributed by atoms with Crippen LogP contribution in [-0.2, 0) is 6.54 Å². The van der Waals surface area contributed by atoms with Gasteiger partial charge in [0, 0.05) is 18.5 Å². The van der Waals surface area contributed by atoms with Gasteiger partial charge in [-0.25, -0.2) is 22.5 Å². The molecule has 7 heteroatoms. The van der Waals surface area contributed by atoms with Crippen molar-refractivity contribution in [2.75, 3.05) is 5.32 Å². The smallest absolute Gasteiger partial charge is 0.185 e. The van der Waals surface area contributed by atoms with E-state index in [9.17, 15) is 17.6 Å². The minimum atomic E-state index is -1.47. The van der Waals surface area contributed by atoms with E-state index in [1.807, 2.05) is 19.9 Å². The average molecular weight is 379 g/mol. The number of aryl methyl sites for hydroxylation is 1. The van der Waals surface area contributed by atoms with E-state index >= 15 is 0 Å². The van der Waals surface area contributed by atoms with Crippen LogP contribution in [0, 0.1) is 23.3 Å². The van der Waals surface area contributed by atoms with E-state index in [2.05, 4.69) is 21.8 Å². The number of fused-ring (bicyclic) bond motifs is 1. The van der Waals surface area contributed by atoms with Crippen molar-refractivity contribution in [3.63, 3.8) is 0 Å². The van der Waals surface area contributed by atoms with Gasteiger partial charge in [0.1, 0.15) is 17.0 Å². The second kappa shape index (κ2) is 7.58. The number of aromatic nitrogens is 2. The molecule has 3 aromatic rings. The van der Waals surface area contributed by atoms with Crippen LogP contribution in [0.25, 0.3) is 11.0 Å². The summed E-state index contributed by atoms with van der Waals surface area (Å²) in [6, 6.07) is 5.34. The Balaban J connectivity index is 2.14. The molecule has 1 aromatic heterocycles. The van der Waals surface area contributed by atoms with Crippen LogP contribution in [0.15, 0.2) is 24.3 Å². The summed E-state index contributed by atoms with van der Waals surface area (Å²) < 4.78 is 57.2. The third-order valence-electron chi connectivity index (χ3n) is 4.43. The van der Waals surface area contributed by atoms with E-state index in [0.717, 1.165) is 30.7 Å². The Morgan fingerprint density at radius 1 is 1.07 bits per heavy atom. The molecule has 27 heavy (non-hydrogen) atoms. The monoisotopic (exact) mass is 379 g/mol. The standard InChI is InChI=1S/C20H21F4N3/c1-4-5-9-27-15-8-6-7-14(18(15)26-20(27)11(2)3)25-19-16(23)12(21)10-13(22)17(19)24/h6-8,10-11,25H,4-5,9H2,1-3H3. The normalized spacial score (nSPS) is 11.6. The van der Waals surface area contributed by atoms with Crippen LogP contribution in [0.4, 0.5) is 28.9 Å². The molecule has 1 heterocycles. The fraction of sp³-hybridized carbons (Fsp3) is 0.350. The molecule has 0 spiro atoms. The number of imidazole rings is 1. The molecule has 0 radical (unpaired) electrons. The van der Waals surface area contributed by atoms with Gasteiger partial charge in [-0.2, -0.15) is 0 Å². The molecule has 0 aliphatic heterocycles. The van der Waals surface area contributed by atoms with E-state index < -0.39 is 29.0 Å². The van der Waals surface area contributed by atoms with Gasteiger partial charge in [-0.05, 0) is 18.6 Å². The van der Waals surface area contributed by atoms with Gasteiger partial charge in [0.05, 0.1) is 11.2 Å². The molecule has 0 saturated heterocycles. The van der Waals surface area contributed by atoms with Gasteiger partial charge in [-0.1, -0.05) is 33.3 Å². The lowest BCUT2D eigenvalue weighted by Crippen LogP contribution is -2.05. The second-order valence-corrected chi connectivity index (χ2v) is 6.77. The Bertz CT molecular complexity index is 953. The first kappa shape index (κ1) is 19.2. The van der Waals surface area contributed by atoms with Crippen LogP contribution in [0.3, 0.4) is 0 Å². The predicted octanol–water partition coefficient (Wildman–Crippen LogP) is 6.26. The summed E-state index contributed by atoms with van der Waals surface area (Å²) in [5.74, 6) is -4.87. The van der Waals surface area contributed by atoms with Crippen LogP contribution in [-0.4, -0.2) is 9.55 Å². The summed E-state index contributed by atoms with van der Waals surface area (Å²) in [5.41, 5.74) is 0.720. The number of hydrogen-bond acceptors (Lipinski definition) is 2. The zero-order valence-corrected chi connectivity index (χ0v) is 15.4. The molecular weight excluding hydrogens is 358 g/mol. The second-order valence-electron chi connectivity index (χ2n) is 6.77. The average Bonchev–Trinajstić information content (AvgIpc) is 3.01. The number of halogens is 4. The van der Waals surface area contributed by atoms with Crippen molar-refractivity contribution in [1.29, 1.82) is 0 Å². The van der Waals surface area contributed by atoms with Gasteiger partial charge in [-0.3, -0.25) is 0 Å². The summed E-state index contributed by atoms with van der Waals surface area (Å²) in [4.78, 5) is 4.63.